The van der Waals surface area contributed by atoms with Crippen molar-refractivity contribution in [2.75, 3.05) is 6.61 Å². The van der Waals surface area contributed by atoms with E-state index in [0.29, 0.717) is 13.2 Å². The third-order valence-corrected chi connectivity index (χ3v) is 4.47. The number of hydrogen-bond acceptors (Lipinski definition) is 4. The van der Waals surface area contributed by atoms with Gasteiger partial charge < -0.3 is 18.9 Å². The van der Waals surface area contributed by atoms with Crippen LogP contribution in [0.15, 0.2) is 43.0 Å². The van der Waals surface area contributed by atoms with Gasteiger partial charge in [0.1, 0.15) is 11.7 Å². The Labute approximate surface area is 132 Å². The summed E-state index contributed by atoms with van der Waals surface area (Å²) < 4.78 is 23.8. The standard InChI is InChI=1S/C18H24O4/c1-5-18(12-19-11-14-9-7-6-8-10-14)13(2)15-16(22-18)21-17(3,4)20-15/h5-10,13,15-16H,1,11-12H2,2-4H3/t13-,15+,16-,18+/m0/s1. The van der Waals surface area contributed by atoms with E-state index in [1.165, 1.54) is 0 Å². The fourth-order valence-corrected chi connectivity index (χ4v) is 3.15. The lowest BCUT2D eigenvalue weighted by atomic mass is 9.88. The smallest absolute Gasteiger partial charge is 0.188 e. The average molecular weight is 304 g/mol. The minimum Gasteiger partial charge on any atom is -0.373 e. The number of hydrogen-bond donors (Lipinski definition) is 0. The minimum atomic E-state index is -0.595. The molecule has 0 bridgehead atoms. The van der Waals surface area contributed by atoms with Crippen molar-refractivity contribution in [1.29, 1.82) is 0 Å². The van der Waals surface area contributed by atoms with E-state index < -0.39 is 11.4 Å². The first-order valence-corrected chi connectivity index (χ1v) is 7.74. The third-order valence-electron chi connectivity index (χ3n) is 4.47. The summed E-state index contributed by atoms with van der Waals surface area (Å²) in [5.74, 6) is -0.477. The molecule has 2 heterocycles. The Hall–Kier alpha value is -1.20. The van der Waals surface area contributed by atoms with Gasteiger partial charge in [-0.2, -0.15) is 0 Å². The molecule has 2 saturated heterocycles. The Balaban J connectivity index is 1.63. The highest BCUT2D eigenvalue weighted by molar-refractivity contribution is 5.14. The van der Waals surface area contributed by atoms with Crippen molar-refractivity contribution >= 4 is 0 Å². The Morgan fingerprint density at radius 1 is 1.18 bits per heavy atom. The van der Waals surface area contributed by atoms with Crippen LogP contribution in [0.1, 0.15) is 26.3 Å². The fraction of sp³-hybridized carbons (Fsp3) is 0.556. The monoisotopic (exact) mass is 304 g/mol. The normalized spacial score (nSPS) is 36.2. The van der Waals surface area contributed by atoms with E-state index in [9.17, 15) is 0 Å². The summed E-state index contributed by atoms with van der Waals surface area (Å²) in [6.45, 7) is 10.8. The Kier molecular flexibility index (Phi) is 4.12. The second-order valence-electron chi connectivity index (χ2n) is 6.51. The second-order valence-corrected chi connectivity index (χ2v) is 6.51. The van der Waals surface area contributed by atoms with Gasteiger partial charge in [0.25, 0.3) is 0 Å². The Bertz CT molecular complexity index is 527. The Morgan fingerprint density at radius 3 is 2.55 bits per heavy atom. The maximum absolute atomic E-state index is 6.12. The zero-order valence-electron chi connectivity index (χ0n) is 13.5. The highest BCUT2D eigenvalue weighted by Gasteiger charge is 2.58. The van der Waals surface area contributed by atoms with E-state index in [1.54, 1.807) is 0 Å². The summed E-state index contributed by atoms with van der Waals surface area (Å²) in [6.07, 6.45) is 1.37. The summed E-state index contributed by atoms with van der Waals surface area (Å²) in [7, 11) is 0. The molecule has 120 valence electrons. The maximum Gasteiger partial charge on any atom is 0.188 e. The minimum absolute atomic E-state index is 0.0895. The van der Waals surface area contributed by atoms with Crippen LogP contribution in [0.3, 0.4) is 0 Å². The van der Waals surface area contributed by atoms with Crippen molar-refractivity contribution in [3.63, 3.8) is 0 Å². The zero-order chi connectivity index (χ0) is 15.8. The van der Waals surface area contributed by atoms with Crippen molar-refractivity contribution < 1.29 is 18.9 Å². The first kappa shape index (κ1) is 15.7. The van der Waals surface area contributed by atoms with Gasteiger partial charge >= 0.3 is 0 Å². The predicted octanol–water partition coefficient (Wildman–Crippen LogP) is 3.27. The quantitative estimate of drug-likeness (QED) is 0.782. The number of ether oxygens (including phenoxy) is 4. The molecule has 1 aromatic rings. The first-order valence-electron chi connectivity index (χ1n) is 7.74. The van der Waals surface area contributed by atoms with Crippen LogP contribution >= 0.6 is 0 Å². The van der Waals surface area contributed by atoms with Crippen LogP contribution in [0.5, 0.6) is 0 Å². The molecular weight excluding hydrogens is 280 g/mol. The molecule has 0 N–H and O–H groups in total. The summed E-state index contributed by atoms with van der Waals surface area (Å²) in [4.78, 5) is 0. The molecule has 3 rings (SSSR count). The SMILES string of the molecule is C=C[C@]1(COCc2ccccc2)O[C@@H]2OC(C)(C)O[C@@H]2[C@@H]1C. The van der Waals surface area contributed by atoms with Crippen molar-refractivity contribution in [2.24, 2.45) is 5.92 Å². The van der Waals surface area contributed by atoms with E-state index in [0.717, 1.165) is 5.56 Å². The maximum atomic E-state index is 6.12. The molecule has 2 fully saturated rings. The molecule has 0 spiro atoms. The largest absolute Gasteiger partial charge is 0.373 e. The Morgan fingerprint density at radius 2 is 1.91 bits per heavy atom. The molecule has 0 aliphatic carbocycles. The van der Waals surface area contributed by atoms with E-state index in [-0.39, 0.29) is 18.3 Å². The molecule has 1 aromatic carbocycles. The molecule has 0 radical (unpaired) electrons. The molecule has 4 nitrogen and oxygen atoms in total. The van der Waals surface area contributed by atoms with Gasteiger partial charge in [-0.15, -0.1) is 6.58 Å². The molecule has 2 aliphatic heterocycles. The zero-order valence-corrected chi connectivity index (χ0v) is 13.5. The van der Waals surface area contributed by atoms with Crippen LogP contribution in [0.4, 0.5) is 0 Å². The lowest BCUT2D eigenvalue weighted by Gasteiger charge is -2.32. The van der Waals surface area contributed by atoms with Gasteiger partial charge in [-0.05, 0) is 19.4 Å². The van der Waals surface area contributed by atoms with Crippen molar-refractivity contribution in [3.05, 3.63) is 48.6 Å². The molecule has 22 heavy (non-hydrogen) atoms. The van der Waals surface area contributed by atoms with E-state index in [1.807, 2.05) is 50.3 Å². The fourth-order valence-electron chi connectivity index (χ4n) is 3.15. The molecule has 0 amide bonds. The van der Waals surface area contributed by atoms with E-state index in [2.05, 4.69) is 13.5 Å². The average Bonchev–Trinajstić information content (AvgIpc) is 2.92. The van der Waals surface area contributed by atoms with Crippen molar-refractivity contribution in [2.45, 2.75) is 51.2 Å². The van der Waals surface area contributed by atoms with Gasteiger partial charge in [0.15, 0.2) is 12.1 Å². The van der Waals surface area contributed by atoms with E-state index >= 15 is 0 Å². The van der Waals surface area contributed by atoms with Crippen LogP contribution < -0.4 is 0 Å². The molecular formula is C18H24O4. The lowest BCUT2D eigenvalue weighted by Crippen LogP contribution is -2.41. The van der Waals surface area contributed by atoms with Crippen LogP contribution in [-0.2, 0) is 25.6 Å². The number of fused-ring (bicyclic) bond motifs is 1. The number of benzene rings is 1. The third kappa shape index (κ3) is 2.84. The van der Waals surface area contributed by atoms with Crippen LogP contribution in [0.25, 0.3) is 0 Å². The summed E-state index contributed by atoms with van der Waals surface area (Å²) in [5, 5.41) is 0. The van der Waals surface area contributed by atoms with Gasteiger partial charge in [0.05, 0.1) is 13.2 Å². The number of rotatable bonds is 5. The van der Waals surface area contributed by atoms with Gasteiger partial charge in [0.2, 0.25) is 0 Å². The molecule has 2 aliphatic rings. The van der Waals surface area contributed by atoms with Crippen LogP contribution in [-0.4, -0.2) is 30.4 Å². The molecule has 4 atom stereocenters. The van der Waals surface area contributed by atoms with Crippen LogP contribution in [0, 0.1) is 5.92 Å². The molecule has 0 unspecified atom stereocenters. The second kappa shape index (κ2) is 5.78. The van der Waals surface area contributed by atoms with Gasteiger partial charge in [0, 0.05) is 5.92 Å². The summed E-state index contributed by atoms with van der Waals surface area (Å²) >= 11 is 0. The summed E-state index contributed by atoms with van der Waals surface area (Å²) in [6, 6.07) is 10.1. The molecule has 0 aromatic heterocycles. The highest BCUT2D eigenvalue weighted by atomic mass is 16.8. The van der Waals surface area contributed by atoms with Crippen LogP contribution in [0.2, 0.25) is 0 Å². The van der Waals surface area contributed by atoms with Crippen molar-refractivity contribution in [3.8, 4) is 0 Å². The summed E-state index contributed by atoms with van der Waals surface area (Å²) in [5.41, 5.74) is 0.571. The van der Waals surface area contributed by atoms with Crippen molar-refractivity contribution in [1.82, 2.24) is 0 Å². The van der Waals surface area contributed by atoms with Gasteiger partial charge in [-0.1, -0.05) is 43.3 Å². The van der Waals surface area contributed by atoms with Gasteiger partial charge in [-0.25, -0.2) is 0 Å². The highest BCUT2D eigenvalue weighted by Crippen LogP contribution is 2.46. The van der Waals surface area contributed by atoms with E-state index in [4.69, 9.17) is 18.9 Å². The predicted molar refractivity (Wildman–Crippen MR) is 83.1 cm³/mol. The molecule has 4 heteroatoms. The van der Waals surface area contributed by atoms with Gasteiger partial charge in [-0.3, -0.25) is 0 Å². The topological polar surface area (TPSA) is 36.9 Å². The first-order chi connectivity index (χ1) is 10.5. The lowest BCUT2D eigenvalue weighted by molar-refractivity contribution is -0.230. The molecule has 0 saturated carbocycles.